The molecule has 0 saturated carbocycles. The second-order valence-electron chi connectivity index (χ2n) is 5.21. The molecule has 7 heteroatoms. The summed E-state index contributed by atoms with van der Waals surface area (Å²) in [5.41, 5.74) is 0.319. The third-order valence-electron chi connectivity index (χ3n) is 3.69. The molecule has 3 rings (SSSR count). The van der Waals surface area contributed by atoms with Crippen molar-refractivity contribution in [2.24, 2.45) is 0 Å². The lowest BCUT2D eigenvalue weighted by molar-refractivity contribution is -0.385. The van der Waals surface area contributed by atoms with E-state index in [4.69, 9.17) is 0 Å². The Morgan fingerprint density at radius 1 is 1.28 bits per heavy atom. The molecule has 1 N–H and O–H groups in total. The van der Waals surface area contributed by atoms with Crippen molar-refractivity contribution in [2.75, 3.05) is 0 Å². The predicted octanol–water partition coefficient (Wildman–Crippen LogP) is 4.01. The largest absolute Gasteiger partial charge is 0.360 e. The molecule has 0 atom stereocenters. The van der Waals surface area contributed by atoms with Crippen LogP contribution in [0.2, 0.25) is 0 Å². The molecule has 0 fully saturated rings. The number of rotatable bonds is 4. The monoisotopic (exact) mass is 335 g/mol. The minimum atomic E-state index is -0.599. The molecule has 0 aliphatic rings. The van der Waals surface area contributed by atoms with Crippen LogP contribution >= 0.6 is 0 Å². The Hall–Kier alpha value is -3.79. The van der Waals surface area contributed by atoms with E-state index in [1.807, 2.05) is 0 Å². The van der Waals surface area contributed by atoms with Gasteiger partial charge in [0, 0.05) is 28.7 Å². The van der Waals surface area contributed by atoms with Crippen molar-refractivity contribution in [1.29, 1.82) is 5.26 Å². The van der Waals surface area contributed by atoms with Crippen LogP contribution in [-0.2, 0) is 0 Å². The number of halogens is 1. The fourth-order valence-corrected chi connectivity index (χ4v) is 2.51. The molecular weight excluding hydrogens is 325 g/mol. The number of aromatic nitrogens is 1. The normalized spacial score (nSPS) is 11.3. The molecular formula is C18H10FN3O3. The first-order valence-corrected chi connectivity index (χ1v) is 7.18. The molecule has 1 heterocycles. The number of nitrogens with zero attached hydrogens (tertiary/aromatic N) is 2. The number of nitrogens with one attached hydrogen (secondary N) is 1. The van der Waals surface area contributed by atoms with E-state index in [2.05, 4.69) is 4.98 Å². The number of nitro benzene ring substituents is 1. The molecule has 0 bridgehead atoms. The lowest BCUT2D eigenvalue weighted by atomic mass is 10.0. The Bertz CT molecular complexity index is 1080. The van der Waals surface area contributed by atoms with Crippen LogP contribution in [0.4, 0.5) is 10.1 Å². The number of carbonyl (C=O) groups is 1. The zero-order chi connectivity index (χ0) is 18.0. The van der Waals surface area contributed by atoms with Gasteiger partial charge in [0.2, 0.25) is 5.78 Å². The van der Waals surface area contributed by atoms with Gasteiger partial charge in [-0.1, -0.05) is 12.1 Å². The Labute approximate surface area is 141 Å². The van der Waals surface area contributed by atoms with E-state index >= 15 is 0 Å². The molecule has 0 unspecified atom stereocenters. The summed E-state index contributed by atoms with van der Waals surface area (Å²) in [7, 11) is 0. The van der Waals surface area contributed by atoms with E-state index in [0.717, 1.165) is 0 Å². The number of aromatic amines is 1. The quantitative estimate of drug-likeness (QED) is 0.256. The summed E-state index contributed by atoms with van der Waals surface area (Å²) >= 11 is 0. The number of fused-ring (bicyclic) bond motifs is 1. The van der Waals surface area contributed by atoms with Crippen molar-refractivity contribution in [3.8, 4) is 6.07 Å². The number of allylic oxidation sites excluding steroid dienone is 1. The number of carbonyl (C=O) groups excluding carboxylic acids is 1. The van der Waals surface area contributed by atoms with Crippen molar-refractivity contribution >= 4 is 28.4 Å². The average Bonchev–Trinajstić information content (AvgIpc) is 3.02. The second-order valence-corrected chi connectivity index (χ2v) is 5.21. The first kappa shape index (κ1) is 16.1. The number of Topliss-reactive ketones (excluding diaryl/α,β-unsaturated/α-hetero) is 1. The van der Waals surface area contributed by atoms with E-state index in [-0.39, 0.29) is 22.4 Å². The minimum Gasteiger partial charge on any atom is -0.360 e. The maximum atomic E-state index is 13.2. The van der Waals surface area contributed by atoms with Gasteiger partial charge < -0.3 is 4.98 Å². The number of hydrogen-bond acceptors (Lipinski definition) is 4. The fraction of sp³-hybridized carbons (Fsp3) is 0. The highest BCUT2D eigenvalue weighted by Gasteiger charge is 2.19. The number of H-pyrrole nitrogens is 1. The molecule has 25 heavy (non-hydrogen) atoms. The molecule has 2 aromatic carbocycles. The lowest BCUT2D eigenvalue weighted by Gasteiger charge is -2.00. The molecule has 3 aromatic rings. The van der Waals surface area contributed by atoms with Gasteiger partial charge in [-0.2, -0.15) is 5.26 Å². The van der Waals surface area contributed by atoms with E-state index in [1.54, 1.807) is 12.1 Å². The summed E-state index contributed by atoms with van der Waals surface area (Å²) < 4.78 is 13.2. The first-order valence-electron chi connectivity index (χ1n) is 7.18. The van der Waals surface area contributed by atoms with Crippen LogP contribution in [0.15, 0.2) is 54.2 Å². The smallest absolute Gasteiger partial charge is 0.276 e. The molecule has 0 aliphatic heterocycles. The molecule has 0 radical (unpaired) electrons. The summed E-state index contributed by atoms with van der Waals surface area (Å²) in [5, 5.41) is 20.9. The average molecular weight is 335 g/mol. The van der Waals surface area contributed by atoms with Gasteiger partial charge in [0.05, 0.1) is 10.5 Å². The van der Waals surface area contributed by atoms with Crippen LogP contribution in [0.5, 0.6) is 0 Å². The third kappa shape index (κ3) is 3.01. The van der Waals surface area contributed by atoms with Gasteiger partial charge in [-0.15, -0.1) is 0 Å². The van der Waals surface area contributed by atoms with Crippen LogP contribution in [-0.4, -0.2) is 15.7 Å². The molecule has 122 valence electrons. The minimum absolute atomic E-state index is 0.156. The number of benzene rings is 2. The number of nitriles is 1. The fourth-order valence-electron chi connectivity index (χ4n) is 2.51. The molecule has 1 aromatic heterocycles. The second kappa shape index (κ2) is 6.37. The SMILES string of the molecule is N#CC(=Cc1ccccc1[N+](=O)[O-])C(=O)c1c[nH]c2cc(F)ccc12. The van der Waals surface area contributed by atoms with E-state index in [9.17, 15) is 24.6 Å². The highest BCUT2D eigenvalue weighted by Crippen LogP contribution is 2.25. The summed E-state index contributed by atoms with van der Waals surface area (Å²) in [6.07, 6.45) is 2.57. The van der Waals surface area contributed by atoms with Crippen molar-refractivity contribution in [2.45, 2.75) is 0 Å². The Morgan fingerprint density at radius 2 is 2.04 bits per heavy atom. The van der Waals surface area contributed by atoms with Crippen molar-refractivity contribution in [3.05, 3.63) is 81.3 Å². The maximum absolute atomic E-state index is 13.2. The van der Waals surface area contributed by atoms with Gasteiger partial charge in [0.15, 0.2) is 0 Å². The first-order chi connectivity index (χ1) is 12.0. The number of hydrogen-bond donors (Lipinski definition) is 1. The molecule has 6 nitrogen and oxygen atoms in total. The highest BCUT2D eigenvalue weighted by molar-refractivity contribution is 6.20. The van der Waals surface area contributed by atoms with Gasteiger partial charge >= 0.3 is 0 Å². The van der Waals surface area contributed by atoms with Crippen LogP contribution in [0, 0.1) is 27.3 Å². The highest BCUT2D eigenvalue weighted by atomic mass is 19.1. The summed E-state index contributed by atoms with van der Waals surface area (Å²) in [4.78, 5) is 25.9. The zero-order valence-corrected chi connectivity index (χ0v) is 12.7. The number of nitro groups is 1. The van der Waals surface area contributed by atoms with Crippen molar-refractivity contribution in [3.63, 3.8) is 0 Å². The lowest BCUT2D eigenvalue weighted by Crippen LogP contribution is -2.01. The van der Waals surface area contributed by atoms with E-state index < -0.39 is 16.5 Å². The maximum Gasteiger partial charge on any atom is 0.276 e. The Balaban J connectivity index is 2.08. The molecule has 0 spiro atoms. The predicted molar refractivity (Wildman–Crippen MR) is 89.3 cm³/mol. The molecule has 0 amide bonds. The number of ketones is 1. The third-order valence-corrected chi connectivity index (χ3v) is 3.69. The van der Waals surface area contributed by atoms with Gasteiger partial charge in [0.1, 0.15) is 17.5 Å². The summed E-state index contributed by atoms with van der Waals surface area (Å²) in [5.74, 6) is -1.05. The standard InChI is InChI=1S/C18H10FN3O3/c19-13-5-6-14-15(10-21-16(14)8-13)18(23)12(9-20)7-11-3-1-2-4-17(11)22(24)25/h1-8,10,21H. The Kier molecular flexibility index (Phi) is 4.10. The van der Waals surface area contributed by atoms with Crippen molar-refractivity contribution < 1.29 is 14.1 Å². The van der Waals surface area contributed by atoms with Gasteiger partial charge in [-0.05, 0) is 30.3 Å². The van der Waals surface area contributed by atoms with Gasteiger partial charge in [0.25, 0.3) is 5.69 Å². The Morgan fingerprint density at radius 3 is 2.76 bits per heavy atom. The van der Waals surface area contributed by atoms with Crippen LogP contribution in [0.25, 0.3) is 17.0 Å². The number of para-hydroxylation sites is 1. The topological polar surface area (TPSA) is 99.8 Å². The van der Waals surface area contributed by atoms with Gasteiger partial charge in [-0.25, -0.2) is 4.39 Å². The summed E-state index contributed by atoms with van der Waals surface area (Å²) in [6.45, 7) is 0. The van der Waals surface area contributed by atoms with E-state index in [1.165, 1.54) is 48.7 Å². The molecule has 0 saturated heterocycles. The van der Waals surface area contributed by atoms with Crippen LogP contribution in [0.3, 0.4) is 0 Å². The van der Waals surface area contributed by atoms with E-state index in [0.29, 0.717) is 10.9 Å². The summed E-state index contributed by atoms with van der Waals surface area (Å²) in [6, 6.07) is 11.5. The van der Waals surface area contributed by atoms with Crippen molar-refractivity contribution in [1.82, 2.24) is 4.98 Å². The van der Waals surface area contributed by atoms with Crippen LogP contribution in [0.1, 0.15) is 15.9 Å². The van der Waals surface area contributed by atoms with Gasteiger partial charge in [-0.3, -0.25) is 14.9 Å². The van der Waals surface area contributed by atoms with Crippen LogP contribution < -0.4 is 0 Å². The zero-order valence-electron chi connectivity index (χ0n) is 12.7. The molecule has 0 aliphatic carbocycles.